The molecule has 0 radical (unpaired) electrons. The van der Waals surface area contributed by atoms with E-state index in [9.17, 15) is 0 Å². The Balaban J connectivity index is 2.55. The lowest BCUT2D eigenvalue weighted by Crippen LogP contribution is -2.15. The molecule has 0 aromatic carbocycles. The molecule has 1 heterocycles. The van der Waals surface area contributed by atoms with Crippen molar-refractivity contribution in [2.24, 2.45) is 0 Å². The zero-order valence-electron chi connectivity index (χ0n) is 9.25. The van der Waals surface area contributed by atoms with E-state index < -0.39 is 0 Å². The smallest absolute Gasteiger partial charge is 0.131 e. The van der Waals surface area contributed by atoms with Crippen molar-refractivity contribution < 1.29 is 0 Å². The molecule has 0 atom stereocenters. The lowest BCUT2D eigenvalue weighted by atomic mass is 10.2. The Morgan fingerprint density at radius 3 is 2.86 bits per heavy atom. The van der Waals surface area contributed by atoms with Gasteiger partial charge in [-0.2, -0.15) is 0 Å². The highest BCUT2D eigenvalue weighted by Crippen LogP contribution is 2.07. The van der Waals surface area contributed by atoms with Gasteiger partial charge in [-0.15, -0.1) is 0 Å². The van der Waals surface area contributed by atoms with Crippen molar-refractivity contribution >= 4 is 0 Å². The van der Waals surface area contributed by atoms with E-state index in [4.69, 9.17) is 0 Å². The van der Waals surface area contributed by atoms with Crippen LogP contribution in [0.15, 0.2) is 12.3 Å². The summed E-state index contributed by atoms with van der Waals surface area (Å²) in [6.07, 6.45) is 2.99. The van der Waals surface area contributed by atoms with Crippen LogP contribution in [-0.4, -0.2) is 16.5 Å². The average Bonchev–Trinajstić information content (AvgIpc) is 2.19. The maximum atomic E-state index is 4.47. The number of hydrogen-bond donors (Lipinski definition) is 1. The van der Waals surface area contributed by atoms with Gasteiger partial charge in [0.25, 0.3) is 0 Å². The lowest BCUT2D eigenvalue weighted by Gasteiger charge is -2.06. The van der Waals surface area contributed by atoms with Gasteiger partial charge in [-0.05, 0) is 19.0 Å². The quantitative estimate of drug-likeness (QED) is 0.728. The fraction of sp³-hybridized carbons (Fsp3) is 0.636. The normalized spacial score (nSPS) is 10.9. The number of aromatic nitrogens is 2. The first-order valence-electron chi connectivity index (χ1n) is 5.26. The van der Waals surface area contributed by atoms with E-state index in [1.807, 2.05) is 12.3 Å². The highest BCUT2D eigenvalue weighted by Gasteiger charge is 2.02. The maximum Gasteiger partial charge on any atom is 0.131 e. The van der Waals surface area contributed by atoms with Gasteiger partial charge in [0.2, 0.25) is 0 Å². The van der Waals surface area contributed by atoms with Crippen molar-refractivity contribution in [2.45, 2.75) is 39.7 Å². The summed E-state index contributed by atoms with van der Waals surface area (Å²) in [5, 5.41) is 3.33. The Kier molecular flexibility index (Phi) is 4.53. The molecule has 1 aromatic heterocycles. The Labute approximate surface area is 86.0 Å². The van der Waals surface area contributed by atoms with Crippen LogP contribution >= 0.6 is 0 Å². The summed E-state index contributed by atoms with van der Waals surface area (Å²) in [4.78, 5) is 8.70. The van der Waals surface area contributed by atoms with Crippen LogP contribution in [0.1, 0.15) is 44.6 Å². The SMILES string of the molecule is CCCNCc1ccnc(C(C)C)n1. The summed E-state index contributed by atoms with van der Waals surface area (Å²) in [5.41, 5.74) is 1.08. The van der Waals surface area contributed by atoms with Crippen LogP contribution in [0.4, 0.5) is 0 Å². The molecular weight excluding hydrogens is 174 g/mol. The van der Waals surface area contributed by atoms with Crippen LogP contribution in [0.25, 0.3) is 0 Å². The molecule has 78 valence electrons. The average molecular weight is 193 g/mol. The van der Waals surface area contributed by atoms with Gasteiger partial charge in [0, 0.05) is 18.7 Å². The fourth-order valence-corrected chi connectivity index (χ4v) is 1.18. The van der Waals surface area contributed by atoms with Crippen LogP contribution in [0.3, 0.4) is 0 Å². The van der Waals surface area contributed by atoms with Crippen LogP contribution in [0.5, 0.6) is 0 Å². The summed E-state index contributed by atoms with van der Waals surface area (Å²) in [6.45, 7) is 8.26. The van der Waals surface area contributed by atoms with Gasteiger partial charge >= 0.3 is 0 Å². The van der Waals surface area contributed by atoms with E-state index in [-0.39, 0.29) is 0 Å². The van der Waals surface area contributed by atoms with Crippen molar-refractivity contribution in [1.29, 1.82) is 0 Å². The first-order valence-corrected chi connectivity index (χ1v) is 5.26. The predicted octanol–water partition coefficient (Wildman–Crippen LogP) is 2.10. The molecule has 0 aliphatic heterocycles. The Morgan fingerprint density at radius 2 is 2.21 bits per heavy atom. The van der Waals surface area contributed by atoms with Crippen LogP contribution < -0.4 is 5.32 Å². The van der Waals surface area contributed by atoms with Crippen molar-refractivity contribution in [2.75, 3.05) is 6.54 Å². The molecule has 14 heavy (non-hydrogen) atoms. The van der Waals surface area contributed by atoms with Crippen molar-refractivity contribution in [3.05, 3.63) is 23.8 Å². The number of rotatable bonds is 5. The molecule has 0 saturated carbocycles. The molecule has 1 rings (SSSR count). The largest absolute Gasteiger partial charge is 0.311 e. The monoisotopic (exact) mass is 193 g/mol. The van der Waals surface area contributed by atoms with Gasteiger partial charge in [0.05, 0.1) is 5.69 Å². The molecule has 0 spiro atoms. The van der Waals surface area contributed by atoms with Crippen LogP contribution in [0, 0.1) is 0 Å². The minimum atomic E-state index is 0.404. The Hall–Kier alpha value is -0.960. The summed E-state index contributed by atoms with van der Waals surface area (Å²) < 4.78 is 0. The second-order valence-corrected chi connectivity index (χ2v) is 3.74. The summed E-state index contributed by atoms with van der Waals surface area (Å²) in [6, 6.07) is 1.97. The minimum Gasteiger partial charge on any atom is -0.311 e. The van der Waals surface area contributed by atoms with Gasteiger partial charge in [-0.25, -0.2) is 9.97 Å². The van der Waals surface area contributed by atoms with E-state index in [2.05, 4.69) is 36.1 Å². The summed E-state index contributed by atoms with van der Waals surface area (Å²) in [5.74, 6) is 1.34. The standard InChI is InChI=1S/C11H19N3/c1-4-6-12-8-10-5-7-13-11(14-10)9(2)3/h5,7,9,12H,4,6,8H2,1-3H3. The molecule has 0 saturated heterocycles. The lowest BCUT2D eigenvalue weighted by molar-refractivity contribution is 0.652. The van der Waals surface area contributed by atoms with Crippen LogP contribution in [0.2, 0.25) is 0 Å². The van der Waals surface area contributed by atoms with Gasteiger partial charge in [-0.3, -0.25) is 0 Å². The molecule has 0 aliphatic carbocycles. The molecule has 3 nitrogen and oxygen atoms in total. The van der Waals surface area contributed by atoms with E-state index in [1.165, 1.54) is 0 Å². The van der Waals surface area contributed by atoms with Crippen LogP contribution in [-0.2, 0) is 6.54 Å². The van der Waals surface area contributed by atoms with Crippen molar-refractivity contribution in [1.82, 2.24) is 15.3 Å². The second kappa shape index (κ2) is 5.70. The zero-order chi connectivity index (χ0) is 10.4. The van der Waals surface area contributed by atoms with Gasteiger partial charge in [0.1, 0.15) is 5.82 Å². The van der Waals surface area contributed by atoms with E-state index in [0.29, 0.717) is 5.92 Å². The third kappa shape index (κ3) is 3.42. The highest BCUT2D eigenvalue weighted by atomic mass is 14.9. The fourth-order valence-electron chi connectivity index (χ4n) is 1.18. The molecule has 1 N–H and O–H groups in total. The third-order valence-corrected chi connectivity index (χ3v) is 1.98. The number of nitrogens with zero attached hydrogens (tertiary/aromatic N) is 2. The van der Waals surface area contributed by atoms with E-state index >= 15 is 0 Å². The maximum absolute atomic E-state index is 4.47. The van der Waals surface area contributed by atoms with Crippen molar-refractivity contribution in [3.8, 4) is 0 Å². The first-order chi connectivity index (χ1) is 6.74. The Bertz CT molecular complexity index is 271. The van der Waals surface area contributed by atoms with Gasteiger partial charge < -0.3 is 5.32 Å². The Morgan fingerprint density at radius 1 is 1.43 bits per heavy atom. The van der Waals surface area contributed by atoms with E-state index in [1.54, 1.807) is 0 Å². The molecule has 0 amide bonds. The molecule has 0 fully saturated rings. The first kappa shape index (κ1) is 11.1. The minimum absolute atomic E-state index is 0.404. The van der Waals surface area contributed by atoms with Gasteiger partial charge in [0.15, 0.2) is 0 Å². The third-order valence-electron chi connectivity index (χ3n) is 1.98. The molecule has 0 unspecified atom stereocenters. The molecular formula is C11H19N3. The van der Waals surface area contributed by atoms with Crippen molar-refractivity contribution in [3.63, 3.8) is 0 Å². The molecule has 3 heteroatoms. The summed E-state index contributed by atoms with van der Waals surface area (Å²) >= 11 is 0. The van der Waals surface area contributed by atoms with Gasteiger partial charge in [-0.1, -0.05) is 20.8 Å². The highest BCUT2D eigenvalue weighted by molar-refractivity contribution is 5.04. The number of nitrogens with one attached hydrogen (secondary N) is 1. The number of hydrogen-bond acceptors (Lipinski definition) is 3. The predicted molar refractivity (Wildman–Crippen MR) is 58.1 cm³/mol. The molecule has 1 aromatic rings. The molecule has 0 aliphatic rings. The zero-order valence-corrected chi connectivity index (χ0v) is 9.25. The topological polar surface area (TPSA) is 37.8 Å². The second-order valence-electron chi connectivity index (χ2n) is 3.74. The van der Waals surface area contributed by atoms with E-state index in [0.717, 1.165) is 31.0 Å². The molecule has 0 bridgehead atoms. The summed E-state index contributed by atoms with van der Waals surface area (Å²) in [7, 11) is 0.